The number of aromatic carboxylic acids is 1. The van der Waals surface area contributed by atoms with Crippen LogP contribution in [0.4, 0.5) is 0 Å². The highest BCUT2D eigenvalue weighted by Gasteiger charge is 2.27. The van der Waals surface area contributed by atoms with Crippen LogP contribution in [0, 0.1) is 6.92 Å². The third kappa shape index (κ3) is 3.87. The third-order valence-corrected chi connectivity index (χ3v) is 5.96. The SMILES string of the molecule is Cc1ccc(C(=O)O)cc1Cc1ccc(-c2nc3c(-n4cccn4)c(C(C)(C)C)[nH]n3n2)cc1. The van der Waals surface area contributed by atoms with Crippen LogP contribution in [0.3, 0.4) is 0 Å². The molecule has 0 radical (unpaired) electrons. The van der Waals surface area contributed by atoms with Crippen molar-refractivity contribution in [2.75, 3.05) is 0 Å². The molecule has 172 valence electrons. The first-order chi connectivity index (χ1) is 16.2. The van der Waals surface area contributed by atoms with Gasteiger partial charge in [0.1, 0.15) is 5.69 Å². The minimum atomic E-state index is -0.915. The molecule has 5 rings (SSSR count). The molecule has 0 bridgehead atoms. The highest BCUT2D eigenvalue weighted by atomic mass is 16.4. The van der Waals surface area contributed by atoms with Crippen LogP contribution in [-0.2, 0) is 11.8 Å². The molecule has 8 nitrogen and oxygen atoms in total. The molecule has 3 aromatic heterocycles. The largest absolute Gasteiger partial charge is 0.478 e. The van der Waals surface area contributed by atoms with Crippen LogP contribution in [0.1, 0.15) is 53.5 Å². The standard InChI is InChI=1S/C26H26N6O2/c1-16-6-9-19(25(33)34)15-20(16)14-17-7-10-18(11-8-17)23-28-24-21(31-13-5-12-27-31)22(26(2,3)4)29-32(24)30-23/h5-13,15,29H,14H2,1-4H3,(H,33,34). The highest BCUT2D eigenvalue weighted by Crippen LogP contribution is 2.31. The van der Waals surface area contributed by atoms with Gasteiger partial charge in [0.2, 0.25) is 5.65 Å². The smallest absolute Gasteiger partial charge is 0.335 e. The van der Waals surface area contributed by atoms with E-state index in [0.717, 1.165) is 33.6 Å². The quantitative estimate of drug-likeness (QED) is 0.397. The predicted molar refractivity (Wildman–Crippen MR) is 130 cm³/mol. The molecular weight excluding hydrogens is 428 g/mol. The first kappa shape index (κ1) is 21.6. The molecule has 8 heteroatoms. The van der Waals surface area contributed by atoms with Gasteiger partial charge in [-0.1, -0.05) is 51.1 Å². The number of nitrogens with one attached hydrogen (secondary N) is 1. The lowest BCUT2D eigenvalue weighted by Crippen LogP contribution is -2.15. The molecule has 0 aliphatic carbocycles. The lowest BCUT2D eigenvalue weighted by atomic mass is 9.91. The minimum Gasteiger partial charge on any atom is -0.478 e. The summed E-state index contributed by atoms with van der Waals surface area (Å²) in [4.78, 5) is 16.1. The Kier molecular flexibility index (Phi) is 5.08. The van der Waals surface area contributed by atoms with E-state index in [0.29, 0.717) is 23.5 Å². The molecule has 0 aliphatic rings. The van der Waals surface area contributed by atoms with Crippen molar-refractivity contribution < 1.29 is 9.90 Å². The van der Waals surface area contributed by atoms with Gasteiger partial charge in [-0.2, -0.15) is 9.73 Å². The molecule has 3 heterocycles. The second kappa shape index (κ2) is 7.98. The van der Waals surface area contributed by atoms with Crippen LogP contribution < -0.4 is 0 Å². The Morgan fingerprint density at radius 3 is 2.53 bits per heavy atom. The number of H-pyrrole nitrogens is 1. The molecule has 34 heavy (non-hydrogen) atoms. The first-order valence-electron chi connectivity index (χ1n) is 11.1. The van der Waals surface area contributed by atoms with E-state index in [2.05, 4.69) is 31.0 Å². The maximum Gasteiger partial charge on any atom is 0.335 e. The van der Waals surface area contributed by atoms with Gasteiger partial charge in [0.25, 0.3) is 0 Å². The molecule has 5 aromatic rings. The monoisotopic (exact) mass is 454 g/mol. The van der Waals surface area contributed by atoms with Gasteiger partial charge in [0.05, 0.1) is 11.3 Å². The van der Waals surface area contributed by atoms with Crippen LogP contribution in [0.15, 0.2) is 60.9 Å². The fraction of sp³-hybridized carbons (Fsp3) is 0.231. The summed E-state index contributed by atoms with van der Waals surface area (Å²) in [6.07, 6.45) is 4.31. The second-order valence-corrected chi connectivity index (χ2v) is 9.53. The van der Waals surface area contributed by atoms with Gasteiger partial charge in [0.15, 0.2) is 5.82 Å². The number of aromatic amines is 1. The first-order valence-corrected chi connectivity index (χ1v) is 11.1. The number of benzene rings is 2. The van der Waals surface area contributed by atoms with E-state index in [-0.39, 0.29) is 5.41 Å². The summed E-state index contributed by atoms with van der Waals surface area (Å²) in [7, 11) is 0. The number of carboxylic acid groups (broad SMARTS) is 1. The van der Waals surface area contributed by atoms with Crippen molar-refractivity contribution in [3.8, 4) is 17.1 Å². The molecule has 0 saturated heterocycles. The van der Waals surface area contributed by atoms with Crippen LogP contribution in [0.25, 0.3) is 22.7 Å². The number of carbonyl (C=O) groups is 1. The van der Waals surface area contributed by atoms with Gasteiger partial charge >= 0.3 is 5.97 Å². The van der Waals surface area contributed by atoms with E-state index in [1.165, 1.54) is 0 Å². The van der Waals surface area contributed by atoms with E-state index in [9.17, 15) is 9.90 Å². The Hall–Kier alpha value is -4.20. The fourth-order valence-electron chi connectivity index (χ4n) is 4.06. The average molecular weight is 455 g/mol. The summed E-state index contributed by atoms with van der Waals surface area (Å²) in [5.74, 6) is -0.294. The summed E-state index contributed by atoms with van der Waals surface area (Å²) in [5.41, 5.74) is 6.84. The highest BCUT2D eigenvalue weighted by molar-refractivity contribution is 5.88. The lowest BCUT2D eigenvalue weighted by Gasteiger charge is -2.18. The van der Waals surface area contributed by atoms with E-state index < -0.39 is 5.97 Å². The summed E-state index contributed by atoms with van der Waals surface area (Å²) in [6, 6.07) is 15.2. The van der Waals surface area contributed by atoms with Crippen LogP contribution in [0.2, 0.25) is 0 Å². The van der Waals surface area contributed by atoms with Gasteiger partial charge in [-0.05, 0) is 48.2 Å². The van der Waals surface area contributed by atoms with E-state index >= 15 is 0 Å². The normalized spacial score (nSPS) is 11.9. The predicted octanol–water partition coefficient (Wildman–Crippen LogP) is 4.81. The number of carboxylic acids is 1. The molecule has 0 spiro atoms. The Morgan fingerprint density at radius 1 is 1.12 bits per heavy atom. The van der Waals surface area contributed by atoms with Crippen molar-refractivity contribution in [2.24, 2.45) is 0 Å². The summed E-state index contributed by atoms with van der Waals surface area (Å²) in [6.45, 7) is 8.41. The molecule has 2 N–H and O–H groups in total. The number of aromatic nitrogens is 6. The fourth-order valence-corrected chi connectivity index (χ4v) is 4.06. The zero-order valence-corrected chi connectivity index (χ0v) is 19.6. The summed E-state index contributed by atoms with van der Waals surface area (Å²) >= 11 is 0. The Balaban J connectivity index is 1.47. The number of nitrogens with zero attached hydrogens (tertiary/aromatic N) is 5. The van der Waals surface area contributed by atoms with Gasteiger partial charge in [-0.3, -0.25) is 5.10 Å². The summed E-state index contributed by atoms with van der Waals surface area (Å²) in [5, 5.41) is 21.8. The Morgan fingerprint density at radius 2 is 1.88 bits per heavy atom. The zero-order chi connectivity index (χ0) is 24.0. The van der Waals surface area contributed by atoms with E-state index in [1.807, 2.05) is 54.2 Å². The third-order valence-electron chi connectivity index (χ3n) is 5.96. The topological polar surface area (TPSA) is 101 Å². The molecule has 0 atom stereocenters. The van der Waals surface area contributed by atoms with Gasteiger partial charge < -0.3 is 5.11 Å². The van der Waals surface area contributed by atoms with Crippen LogP contribution >= 0.6 is 0 Å². The van der Waals surface area contributed by atoms with Gasteiger partial charge in [0, 0.05) is 23.4 Å². The number of aryl methyl sites for hydroxylation is 1. The molecule has 0 fully saturated rings. The van der Waals surface area contributed by atoms with Crippen molar-refractivity contribution in [3.63, 3.8) is 0 Å². The molecular formula is C26H26N6O2. The Bertz CT molecular complexity index is 1490. The van der Waals surface area contributed by atoms with Crippen LogP contribution in [0.5, 0.6) is 0 Å². The molecule has 0 aliphatic heterocycles. The maximum atomic E-state index is 11.3. The van der Waals surface area contributed by atoms with Crippen molar-refractivity contribution in [1.29, 1.82) is 0 Å². The average Bonchev–Trinajstić information content (AvgIpc) is 3.51. The van der Waals surface area contributed by atoms with E-state index in [4.69, 9.17) is 10.1 Å². The second-order valence-electron chi connectivity index (χ2n) is 9.53. The van der Waals surface area contributed by atoms with Crippen molar-refractivity contribution in [3.05, 3.63) is 88.9 Å². The van der Waals surface area contributed by atoms with Gasteiger partial charge in [-0.25, -0.2) is 14.5 Å². The lowest BCUT2D eigenvalue weighted by molar-refractivity contribution is 0.0696. The number of fused-ring (bicyclic) bond motifs is 1. The number of hydrogen-bond donors (Lipinski definition) is 2. The van der Waals surface area contributed by atoms with Crippen molar-refractivity contribution in [1.82, 2.24) is 29.6 Å². The molecule has 0 amide bonds. The molecule has 0 unspecified atom stereocenters. The number of hydrogen-bond acceptors (Lipinski definition) is 4. The number of rotatable bonds is 5. The van der Waals surface area contributed by atoms with Crippen LogP contribution in [-0.4, -0.2) is 40.7 Å². The van der Waals surface area contributed by atoms with E-state index in [1.54, 1.807) is 23.0 Å². The van der Waals surface area contributed by atoms with Crippen molar-refractivity contribution >= 4 is 11.6 Å². The summed E-state index contributed by atoms with van der Waals surface area (Å²) < 4.78 is 3.53. The molecule has 0 saturated carbocycles. The minimum absolute atomic E-state index is 0.137. The van der Waals surface area contributed by atoms with Crippen molar-refractivity contribution in [2.45, 2.75) is 39.5 Å². The maximum absolute atomic E-state index is 11.3. The molecule has 2 aromatic carbocycles. The zero-order valence-electron chi connectivity index (χ0n) is 19.6. The Labute approximate surface area is 196 Å². The van der Waals surface area contributed by atoms with Gasteiger partial charge in [-0.15, -0.1) is 5.10 Å².